The summed E-state index contributed by atoms with van der Waals surface area (Å²) in [7, 11) is 0. The molecular formula is C18H9Cl3N2O5. The fourth-order valence-corrected chi connectivity index (χ4v) is 3.17. The number of rotatable bonds is 4. The van der Waals surface area contributed by atoms with Crippen molar-refractivity contribution in [3.8, 4) is 5.69 Å². The number of carbonyl (C=O) groups is 2. The normalized spacial score (nSPS) is 10.7. The highest BCUT2D eigenvalue weighted by atomic mass is 35.5. The molecule has 0 saturated heterocycles. The maximum Gasteiger partial charge on any atom is 0.353 e. The van der Waals surface area contributed by atoms with Gasteiger partial charge in [-0.25, -0.2) is 14.2 Å². The number of carboxylic acids is 1. The molecule has 0 fully saturated rings. The number of nitrogens with zero attached hydrogens (tertiary/aromatic N) is 1. The molecule has 2 aromatic carbocycles. The number of benzene rings is 2. The van der Waals surface area contributed by atoms with Gasteiger partial charge in [0.2, 0.25) is 5.78 Å². The number of hydrogen-bond donors (Lipinski definition) is 2. The number of halogens is 3. The number of aromatic carboxylic acids is 1. The molecule has 2 N–H and O–H groups in total. The molecule has 0 aliphatic heterocycles. The van der Waals surface area contributed by atoms with Gasteiger partial charge in [-0.1, -0.05) is 65.1 Å². The lowest BCUT2D eigenvalue weighted by atomic mass is 10.0. The first-order chi connectivity index (χ1) is 13.2. The quantitative estimate of drug-likeness (QED) is 0.478. The van der Waals surface area contributed by atoms with E-state index < -0.39 is 34.3 Å². The van der Waals surface area contributed by atoms with Crippen molar-refractivity contribution in [2.75, 3.05) is 0 Å². The van der Waals surface area contributed by atoms with Gasteiger partial charge < -0.3 is 10.1 Å². The van der Waals surface area contributed by atoms with Gasteiger partial charge in [-0.15, -0.1) is 0 Å². The molecule has 0 saturated carbocycles. The molecule has 10 heteroatoms. The van der Waals surface area contributed by atoms with E-state index in [4.69, 9.17) is 34.8 Å². The van der Waals surface area contributed by atoms with Gasteiger partial charge in [0, 0.05) is 5.56 Å². The van der Waals surface area contributed by atoms with E-state index in [9.17, 15) is 24.3 Å². The predicted molar refractivity (Wildman–Crippen MR) is 105 cm³/mol. The van der Waals surface area contributed by atoms with Crippen molar-refractivity contribution in [2.24, 2.45) is 0 Å². The Hall–Kier alpha value is -2.87. The van der Waals surface area contributed by atoms with Crippen molar-refractivity contribution in [2.45, 2.75) is 0 Å². The number of nitrogens with one attached hydrogen (secondary N) is 1. The van der Waals surface area contributed by atoms with E-state index in [0.29, 0.717) is 4.57 Å². The number of aromatic nitrogens is 2. The van der Waals surface area contributed by atoms with Crippen LogP contribution in [0.25, 0.3) is 5.69 Å². The number of carbonyl (C=O) groups excluding carboxylic acids is 1. The van der Waals surface area contributed by atoms with Gasteiger partial charge in [-0.3, -0.25) is 9.59 Å². The van der Waals surface area contributed by atoms with Crippen molar-refractivity contribution in [1.82, 2.24) is 9.55 Å². The van der Waals surface area contributed by atoms with Crippen molar-refractivity contribution < 1.29 is 14.7 Å². The highest BCUT2D eigenvalue weighted by molar-refractivity contribution is 6.43. The summed E-state index contributed by atoms with van der Waals surface area (Å²) >= 11 is 17.9. The number of hydrogen-bond acceptors (Lipinski definition) is 4. The smallest absolute Gasteiger partial charge is 0.353 e. The second kappa shape index (κ2) is 7.63. The van der Waals surface area contributed by atoms with E-state index >= 15 is 0 Å². The third-order valence-corrected chi connectivity index (χ3v) is 4.83. The number of carboxylic acid groups (broad SMARTS) is 1. The second-order valence-electron chi connectivity index (χ2n) is 5.54. The molecule has 28 heavy (non-hydrogen) atoms. The molecule has 0 aliphatic rings. The zero-order valence-corrected chi connectivity index (χ0v) is 16.0. The summed E-state index contributed by atoms with van der Waals surface area (Å²) in [4.78, 5) is 51.8. The minimum atomic E-state index is -1.64. The maximum absolute atomic E-state index is 13.0. The molecule has 0 spiro atoms. The van der Waals surface area contributed by atoms with E-state index in [1.165, 1.54) is 24.3 Å². The summed E-state index contributed by atoms with van der Waals surface area (Å²) in [5.74, 6) is -2.51. The largest absolute Gasteiger partial charge is 0.477 e. The average molecular weight is 440 g/mol. The lowest BCUT2D eigenvalue weighted by Crippen LogP contribution is -2.40. The Balaban J connectivity index is 2.38. The summed E-state index contributed by atoms with van der Waals surface area (Å²) in [6, 6.07) is 9.96. The van der Waals surface area contributed by atoms with Crippen LogP contribution < -0.4 is 11.2 Å². The summed E-state index contributed by atoms with van der Waals surface area (Å²) in [5, 5.41) is 9.37. The van der Waals surface area contributed by atoms with Crippen LogP contribution in [0.5, 0.6) is 0 Å². The number of H-pyrrole nitrogens is 1. The van der Waals surface area contributed by atoms with Crippen LogP contribution >= 0.6 is 34.8 Å². The minimum Gasteiger partial charge on any atom is -0.477 e. The Morgan fingerprint density at radius 3 is 2.14 bits per heavy atom. The van der Waals surface area contributed by atoms with Crippen LogP contribution in [0, 0.1) is 0 Å². The van der Waals surface area contributed by atoms with E-state index in [1.54, 1.807) is 18.2 Å². The van der Waals surface area contributed by atoms with Crippen LogP contribution in [0.2, 0.25) is 15.1 Å². The predicted octanol–water partition coefficient (Wildman–Crippen LogP) is 3.42. The third-order valence-electron chi connectivity index (χ3n) is 3.81. The van der Waals surface area contributed by atoms with Crippen molar-refractivity contribution >= 4 is 46.6 Å². The van der Waals surface area contributed by atoms with Crippen molar-refractivity contribution in [3.05, 3.63) is 95.2 Å². The van der Waals surface area contributed by atoms with Gasteiger partial charge >= 0.3 is 11.7 Å². The zero-order valence-electron chi connectivity index (χ0n) is 13.7. The molecule has 7 nitrogen and oxygen atoms in total. The number of aromatic amines is 1. The van der Waals surface area contributed by atoms with Crippen LogP contribution in [0.15, 0.2) is 52.1 Å². The Morgan fingerprint density at radius 2 is 1.54 bits per heavy atom. The molecule has 0 radical (unpaired) electrons. The standard InChI is InChI=1S/C18H9Cl3N2O5/c19-9-6-11(21)12(7-10(9)20)23-16(25)13(14(17(26)27)22-18(23)28)15(24)8-4-2-1-3-5-8/h1-7H,(H,22,28)(H,26,27). The first kappa shape index (κ1) is 19.9. The molecule has 0 atom stereocenters. The minimum absolute atomic E-state index is 0.00520. The molecular weight excluding hydrogens is 431 g/mol. The van der Waals surface area contributed by atoms with E-state index in [1.807, 2.05) is 4.98 Å². The van der Waals surface area contributed by atoms with Crippen molar-refractivity contribution in [3.63, 3.8) is 0 Å². The Bertz CT molecular complexity index is 1230. The second-order valence-corrected chi connectivity index (χ2v) is 6.76. The van der Waals surface area contributed by atoms with Gasteiger partial charge in [0.15, 0.2) is 0 Å². The molecule has 1 heterocycles. The van der Waals surface area contributed by atoms with Crippen LogP contribution in [0.1, 0.15) is 26.4 Å². The highest BCUT2D eigenvalue weighted by Gasteiger charge is 2.27. The molecule has 3 aromatic rings. The first-order valence-corrected chi connectivity index (χ1v) is 8.73. The fraction of sp³-hybridized carbons (Fsp3) is 0. The highest BCUT2D eigenvalue weighted by Crippen LogP contribution is 2.30. The zero-order chi connectivity index (χ0) is 20.6. The summed E-state index contributed by atoms with van der Waals surface area (Å²) in [6.07, 6.45) is 0. The Kier molecular flexibility index (Phi) is 5.42. The van der Waals surface area contributed by atoms with Gasteiger partial charge in [-0.05, 0) is 12.1 Å². The fourth-order valence-electron chi connectivity index (χ4n) is 2.54. The van der Waals surface area contributed by atoms with Gasteiger partial charge in [-0.2, -0.15) is 0 Å². The van der Waals surface area contributed by atoms with E-state index in [0.717, 1.165) is 0 Å². The van der Waals surface area contributed by atoms with Crippen molar-refractivity contribution in [1.29, 1.82) is 0 Å². The van der Waals surface area contributed by atoms with Crippen LogP contribution in [0.4, 0.5) is 0 Å². The molecule has 0 amide bonds. The monoisotopic (exact) mass is 438 g/mol. The molecule has 0 aliphatic carbocycles. The third kappa shape index (κ3) is 3.47. The maximum atomic E-state index is 13.0. The van der Waals surface area contributed by atoms with E-state index in [-0.39, 0.29) is 26.3 Å². The lowest BCUT2D eigenvalue weighted by Gasteiger charge is -2.12. The summed E-state index contributed by atoms with van der Waals surface area (Å²) < 4.78 is 0.535. The molecule has 0 unspecified atom stereocenters. The molecule has 142 valence electrons. The van der Waals surface area contributed by atoms with Gasteiger partial charge in [0.05, 0.1) is 20.8 Å². The van der Waals surface area contributed by atoms with Gasteiger partial charge in [0.25, 0.3) is 5.56 Å². The SMILES string of the molecule is O=C(O)c1[nH]c(=O)n(-c2cc(Cl)c(Cl)cc2Cl)c(=O)c1C(=O)c1ccccc1. The average Bonchev–Trinajstić information content (AvgIpc) is 2.65. The summed E-state index contributed by atoms with van der Waals surface area (Å²) in [6.45, 7) is 0. The topological polar surface area (TPSA) is 109 Å². The molecule has 0 bridgehead atoms. The lowest BCUT2D eigenvalue weighted by molar-refractivity contribution is 0.0685. The van der Waals surface area contributed by atoms with Crippen LogP contribution in [-0.4, -0.2) is 26.4 Å². The molecule has 1 aromatic heterocycles. The Labute approximate surface area is 171 Å². The van der Waals surface area contributed by atoms with Crippen LogP contribution in [0.3, 0.4) is 0 Å². The van der Waals surface area contributed by atoms with Gasteiger partial charge in [0.1, 0.15) is 11.3 Å². The van der Waals surface area contributed by atoms with E-state index in [2.05, 4.69) is 0 Å². The Morgan fingerprint density at radius 1 is 0.929 bits per heavy atom. The molecule has 3 rings (SSSR count). The number of ketones is 1. The first-order valence-electron chi connectivity index (χ1n) is 7.59. The summed E-state index contributed by atoms with van der Waals surface area (Å²) in [5.41, 5.74) is -3.89. The van der Waals surface area contributed by atoms with Crippen LogP contribution in [-0.2, 0) is 0 Å².